The number of ether oxygens (including phenoxy) is 2. The smallest absolute Gasteiger partial charge is 0.401 e. The minimum Gasteiger partial charge on any atom is -0.486 e. The Balaban J connectivity index is 1.15. The van der Waals surface area contributed by atoms with Crippen molar-refractivity contribution < 1.29 is 41.5 Å². The first-order chi connectivity index (χ1) is 18.6. The molecule has 9 nitrogen and oxygen atoms in total. The van der Waals surface area contributed by atoms with E-state index >= 15 is 0 Å². The number of carbonyl (C=O) groups excluding carboxylic acids is 1. The molecule has 0 saturated heterocycles. The van der Waals surface area contributed by atoms with Crippen LogP contribution in [0.25, 0.3) is 22.3 Å². The van der Waals surface area contributed by atoms with E-state index in [2.05, 4.69) is 20.4 Å². The van der Waals surface area contributed by atoms with Crippen molar-refractivity contribution >= 4 is 22.8 Å². The number of nitrogens with one attached hydrogen (secondary N) is 1. The van der Waals surface area contributed by atoms with Gasteiger partial charge in [0.15, 0.2) is 29.2 Å². The van der Waals surface area contributed by atoms with Crippen LogP contribution < -0.4 is 14.8 Å². The highest BCUT2D eigenvalue weighted by molar-refractivity contribution is 5.91. The molecule has 39 heavy (non-hydrogen) atoms. The number of nitrogens with zero attached hydrogens (tertiary/aromatic N) is 3. The average molecular weight is 544 g/mol. The van der Waals surface area contributed by atoms with E-state index < -0.39 is 29.4 Å². The van der Waals surface area contributed by atoms with E-state index in [9.17, 15) is 27.5 Å². The van der Waals surface area contributed by atoms with Crippen LogP contribution in [0.3, 0.4) is 0 Å². The molecule has 1 aliphatic heterocycles. The zero-order valence-electron chi connectivity index (χ0n) is 20.1. The van der Waals surface area contributed by atoms with Crippen LogP contribution in [-0.4, -0.2) is 51.6 Å². The summed E-state index contributed by atoms with van der Waals surface area (Å²) in [6, 6.07) is 8.58. The number of aliphatic hydroxyl groups excluding tert-OH is 1. The number of fused-ring (bicyclic) bond motifs is 2. The molecular weight excluding hydrogens is 524 g/mol. The van der Waals surface area contributed by atoms with Crippen LogP contribution in [0.1, 0.15) is 24.2 Å². The molecule has 1 saturated carbocycles. The van der Waals surface area contributed by atoms with Crippen molar-refractivity contribution in [2.75, 3.05) is 18.5 Å². The standard InChI is InChI=1S/C26H20F4N4O5/c27-16-5-14(19-10-31-17-7-21-20(8-18(17)32-19)37-12-15(11-35)38-21)2-1-13(16)6-24(36)33-23-9-22(39-34-23)25(3-4-25)26(28,29)30/h1-2,5,7-10,15,35H,3-4,6,11-12H2,(H,33,34,36)/t15-/m1/s1. The minimum absolute atomic E-state index is 0.0701. The molecule has 1 fully saturated rings. The molecule has 2 aromatic heterocycles. The van der Waals surface area contributed by atoms with Gasteiger partial charge in [0.1, 0.15) is 17.8 Å². The molecule has 2 aromatic carbocycles. The van der Waals surface area contributed by atoms with Crippen molar-refractivity contribution in [1.29, 1.82) is 0 Å². The Bertz CT molecular complexity index is 1580. The molecule has 1 atom stereocenters. The van der Waals surface area contributed by atoms with Crippen molar-refractivity contribution in [3.8, 4) is 22.8 Å². The molecule has 6 rings (SSSR count). The average Bonchev–Trinajstić information content (AvgIpc) is 3.61. The number of halogens is 4. The van der Waals surface area contributed by atoms with E-state index in [0.29, 0.717) is 33.8 Å². The zero-order chi connectivity index (χ0) is 27.4. The molecule has 202 valence electrons. The molecule has 0 bridgehead atoms. The molecule has 1 amide bonds. The molecule has 0 radical (unpaired) electrons. The fourth-order valence-corrected chi connectivity index (χ4v) is 4.42. The van der Waals surface area contributed by atoms with Gasteiger partial charge in [0.25, 0.3) is 0 Å². The lowest BCUT2D eigenvalue weighted by Gasteiger charge is -2.25. The molecule has 2 N–H and O–H groups in total. The molecular formula is C26H20F4N4O5. The van der Waals surface area contributed by atoms with E-state index in [1.54, 1.807) is 18.2 Å². The largest absolute Gasteiger partial charge is 0.486 e. The summed E-state index contributed by atoms with van der Waals surface area (Å²) in [4.78, 5) is 21.3. The van der Waals surface area contributed by atoms with Gasteiger partial charge in [-0.2, -0.15) is 13.2 Å². The van der Waals surface area contributed by atoms with Gasteiger partial charge in [-0.3, -0.25) is 9.78 Å². The van der Waals surface area contributed by atoms with E-state index in [0.717, 1.165) is 6.07 Å². The molecule has 0 unspecified atom stereocenters. The molecule has 2 aliphatic rings. The van der Waals surface area contributed by atoms with Gasteiger partial charge in [-0.1, -0.05) is 17.3 Å². The fraction of sp³-hybridized carbons (Fsp3) is 0.308. The number of alkyl halides is 3. The van der Waals surface area contributed by atoms with Crippen LogP contribution in [0.15, 0.2) is 47.1 Å². The van der Waals surface area contributed by atoms with Crippen LogP contribution in [0.2, 0.25) is 0 Å². The first-order valence-corrected chi connectivity index (χ1v) is 12.0. The molecule has 3 heterocycles. The Labute approximate surface area is 217 Å². The summed E-state index contributed by atoms with van der Waals surface area (Å²) in [6.07, 6.45) is -4.05. The Kier molecular flexibility index (Phi) is 5.90. The second-order valence-corrected chi connectivity index (χ2v) is 9.46. The predicted octanol–water partition coefficient (Wildman–Crippen LogP) is 4.33. The second-order valence-electron chi connectivity index (χ2n) is 9.46. The third kappa shape index (κ3) is 4.62. The SMILES string of the molecule is O=C(Cc1ccc(-c2cnc3cc4c(cc3n2)OC[C@@H](CO)O4)cc1F)Nc1cc(C2(C(F)(F)F)CC2)on1. The maximum Gasteiger partial charge on any atom is 0.401 e. The Hall–Kier alpha value is -4.26. The summed E-state index contributed by atoms with van der Waals surface area (Å²) < 4.78 is 70.8. The summed E-state index contributed by atoms with van der Waals surface area (Å²) in [5, 5.41) is 15.1. The lowest BCUT2D eigenvalue weighted by Crippen LogP contribution is -2.32. The number of aromatic nitrogens is 3. The van der Waals surface area contributed by atoms with E-state index in [4.69, 9.17) is 14.0 Å². The van der Waals surface area contributed by atoms with Gasteiger partial charge in [0, 0.05) is 23.8 Å². The normalized spacial score (nSPS) is 17.7. The number of carbonyl (C=O) groups is 1. The van der Waals surface area contributed by atoms with Crippen molar-refractivity contribution in [3.05, 3.63) is 59.7 Å². The summed E-state index contributed by atoms with van der Waals surface area (Å²) in [5.41, 5.74) is -0.167. The number of amides is 1. The van der Waals surface area contributed by atoms with Gasteiger partial charge in [-0.05, 0) is 24.5 Å². The third-order valence-corrected chi connectivity index (χ3v) is 6.77. The Morgan fingerprint density at radius 1 is 1.13 bits per heavy atom. The first kappa shape index (κ1) is 25.0. The van der Waals surface area contributed by atoms with E-state index in [-0.39, 0.29) is 49.6 Å². The summed E-state index contributed by atoms with van der Waals surface area (Å²) >= 11 is 0. The number of hydrogen-bond acceptors (Lipinski definition) is 8. The highest BCUT2D eigenvalue weighted by Crippen LogP contribution is 2.59. The second kappa shape index (κ2) is 9.19. The van der Waals surface area contributed by atoms with Crippen LogP contribution in [0, 0.1) is 5.82 Å². The zero-order valence-corrected chi connectivity index (χ0v) is 20.1. The quantitative estimate of drug-likeness (QED) is 0.345. The molecule has 0 spiro atoms. The van der Waals surface area contributed by atoms with Gasteiger partial charge in [-0.25, -0.2) is 9.37 Å². The van der Waals surface area contributed by atoms with Gasteiger partial charge in [-0.15, -0.1) is 0 Å². The van der Waals surface area contributed by atoms with Gasteiger partial charge in [0.2, 0.25) is 5.91 Å². The van der Waals surface area contributed by atoms with Gasteiger partial charge in [0.05, 0.1) is 36.0 Å². The summed E-state index contributed by atoms with van der Waals surface area (Å²) in [6.45, 7) is 0.00355. The van der Waals surface area contributed by atoms with Crippen molar-refractivity contribution in [3.63, 3.8) is 0 Å². The van der Waals surface area contributed by atoms with Crippen molar-refractivity contribution in [2.24, 2.45) is 0 Å². The summed E-state index contributed by atoms with van der Waals surface area (Å²) in [7, 11) is 0. The monoisotopic (exact) mass is 544 g/mol. The van der Waals surface area contributed by atoms with Gasteiger partial charge >= 0.3 is 6.18 Å². The number of benzene rings is 2. The van der Waals surface area contributed by atoms with Crippen LogP contribution in [0.5, 0.6) is 11.5 Å². The lowest BCUT2D eigenvalue weighted by molar-refractivity contribution is -0.165. The Morgan fingerprint density at radius 3 is 2.64 bits per heavy atom. The number of hydrogen-bond donors (Lipinski definition) is 2. The maximum atomic E-state index is 14.9. The number of anilines is 1. The van der Waals surface area contributed by atoms with Crippen molar-refractivity contribution in [1.82, 2.24) is 15.1 Å². The van der Waals surface area contributed by atoms with Crippen LogP contribution in [-0.2, 0) is 16.6 Å². The van der Waals surface area contributed by atoms with Crippen LogP contribution in [0.4, 0.5) is 23.4 Å². The van der Waals surface area contributed by atoms with Crippen LogP contribution >= 0.6 is 0 Å². The van der Waals surface area contributed by atoms with E-state index in [1.807, 2.05) is 0 Å². The topological polar surface area (TPSA) is 120 Å². The first-order valence-electron chi connectivity index (χ1n) is 12.0. The van der Waals surface area contributed by atoms with Crippen molar-refractivity contribution in [2.45, 2.75) is 37.0 Å². The molecule has 4 aromatic rings. The highest BCUT2D eigenvalue weighted by atomic mass is 19.4. The predicted molar refractivity (Wildman–Crippen MR) is 128 cm³/mol. The Morgan fingerprint density at radius 2 is 1.92 bits per heavy atom. The molecule has 13 heteroatoms. The third-order valence-electron chi connectivity index (χ3n) is 6.77. The minimum atomic E-state index is -4.47. The highest BCUT2D eigenvalue weighted by Gasteiger charge is 2.66. The lowest BCUT2D eigenvalue weighted by atomic mass is 10.0. The number of rotatable bonds is 6. The number of aliphatic hydroxyl groups is 1. The molecule has 1 aliphatic carbocycles. The summed E-state index contributed by atoms with van der Waals surface area (Å²) in [5.74, 6) is -0.964. The van der Waals surface area contributed by atoms with E-state index in [1.165, 1.54) is 18.3 Å². The fourth-order valence-electron chi connectivity index (χ4n) is 4.42. The van der Waals surface area contributed by atoms with Gasteiger partial charge < -0.3 is 24.4 Å². The maximum absolute atomic E-state index is 14.9.